The molecule has 11 nitrogen and oxygen atoms in total. The van der Waals surface area contributed by atoms with Crippen LogP contribution in [0.5, 0.6) is 0 Å². The van der Waals surface area contributed by atoms with E-state index in [2.05, 4.69) is 20.2 Å². The normalized spacial score (nSPS) is 15.8. The fourth-order valence-electron chi connectivity index (χ4n) is 4.06. The molecule has 0 unspecified atom stereocenters. The van der Waals surface area contributed by atoms with Crippen LogP contribution in [0.3, 0.4) is 0 Å². The zero-order valence-corrected chi connectivity index (χ0v) is 19.0. The molecule has 4 rings (SSSR count). The fourth-order valence-corrected chi connectivity index (χ4v) is 5.04. The van der Waals surface area contributed by atoms with Gasteiger partial charge >= 0.3 is 5.69 Å². The van der Waals surface area contributed by atoms with Crippen molar-refractivity contribution in [2.45, 2.75) is 25.1 Å². The predicted molar refractivity (Wildman–Crippen MR) is 126 cm³/mol. The number of hydrogen-bond donors (Lipinski definition) is 3. The number of nitrogen functional groups attached to an aromatic ring is 1. The molecule has 2 aliphatic heterocycles. The SMILES string of the molecule is Nc1cccc(N2CCN(C(=O)CNC(=O)CCn3c4c(c(=O)[nH]c3=O)CSCC4)CC2)n1. The first-order valence-electron chi connectivity index (χ1n) is 10.9. The summed E-state index contributed by atoms with van der Waals surface area (Å²) in [7, 11) is 0. The van der Waals surface area contributed by atoms with Gasteiger partial charge < -0.3 is 20.9 Å². The Balaban J connectivity index is 1.25. The summed E-state index contributed by atoms with van der Waals surface area (Å²) in [5.41, 5.74) is 6.21. The molecule has 33 heavy (non-hydrogen) atoms. The molecule has 0 radical (unpaired) electrons. The van der Waals surface area contributed by atoms with Crippen molar-refractivity contribution in [3.8, 4) is 0 Å². The van der Waals surface area contributed by atoms with Gasteiger partial charge in [-0.15, -0.1) is 0 Å². The monoisotopic (exact) mass is 473 g/mol. The van der Waals surface area contributed by atoms with Gasteiger partial charge in [-0.05, 0) is 24.3 Å². The van der Waals surface area contributed by atoms with Crippen LogP contribution in [0.2, 0.25) is 0 Å². The lowest BCUT2D eigenvalue weighted by Gasteiger charge is -2.35. The number of H-pyrrole nitrogens is 1. The number of anilines is 2. The maximum absolute atomic E-state index is 12.5. The molecule has 2 amide bonds. The number of aromatic amines is 1. The van der Waals surface area contributed by atoms with E-state index in [1.54, 1.807) is 22.7 Å². The molecule has 0 atom stereocenters. The average Bonchev–Trinajstić information content (AvgIpc) is 2.82. The molecule has 1 saturated heterocycles. The molecule has 0 spiro atoms. The van der Waals surface area contributed by atoms with Crippen LogP contribution < -0.4 is 27.2 Å². The van der Waals surface area contributed by atoms with Crippen LogP contribution in [-0.2, 0) is 28.3 Å². The van der Waals surface area contributed by atoms with E-state index < -0.39 is 5.69 Å². The predicted octanol–water partition coefficient (Wildman–Crippen LogP) is -0.842. The van der Waals surface area contributed by atoms with Crippen molar-refractivity contribution in [1.29, 1.82) is 0 Å². The molecule has 1 fully saturated rings. The van der Waals surface area contributed by atoms with E-state index in [0.717, 1.165) is 11.6 Å². The highest BCUT2D eigenvalue weighted by Crippen LogP contribution is 2.20. The van der Waals surface area contributed by atoms with Crippen molar-refractivity contribution in [2.24, 2.45) is 0 Å². The number of amides is 2. The largest absolute Gasteiger partial charge is 0.384 e. The van der Waals surface area contributed by atoms with E-state index in [0.29, 0.717) is 55.4 Å². The third-order valence-corrected chi connectivity index (χ3v) is 6.84. The third kappa shape index (κ3) is 5.38. The van der Waals surface area contributed by atoms with Gasteiger partial charge in [0.2, 0.25) is 11.8 Å². The number of fused-ring (bicyclic) bond motifs is 1. The van der Waals surface area contributed by atoms with E-state index in [-0.39, 0.29) is 36.9 Å². The van der Waals surface area contributed by atoms with Crippen molar-refractivity contribution in [1.82, 2.24) is 24.8 Å². The van der Waals surface area contributed by atoms with Gasteiger partial charge in [0.15, 0.2) is 0 Å². The highest BCUT2D eigenvalue weighted by atomic mass is 32.2. The fraction of sp³-hybridized carbons (Fsp3) is 0.476. The number of thioether (sulfide) groups is 1. The number of rotatable bonds is 6. The minimum absolute atomic E-state index is 0.0493. The molecule has 176 valence electrons. The lowest BCUT2D eigenvalue weighted by Crippen LogP contribution is -2.51. The van der Waals surface area contributed by atoms with Crippen LogP contribution >= 0.6 is 11.8 Å². The Morgan fingerprint density at radius 3 is 2.73 bits per heavy atom. The van der Waals surface area contributed by atoms with Crippen LogP contribution in [0.1, 0.15) is 17.7 Å². The van der Waals surface area contributed by atoms with Crippen molar-refractivity contribution in [3.05, 3.63) is 50.3 Å². The van der Waals surface area contributed by atoms with Gasteiger partial charge in [-0.1, -0.05) is 6.07 Å². The quantitative estimate of drug-likeness (QED) is 0.492. The van der Waals surface area contributed by atoms with Crippen molar-refractivity contribution in [3.63, 3.8) is 0 Å². The van der Waals surface area contributed by atoms with E-state index in [9.17, 15) is 19.2 Å². The lowest BCUT2D eigenvalue weighted by atomic mass is 10.2. The molecule has 12 heteroatoms. The number of nitrogens with two attached hydrogens (primary N) is 1. The smallest absolute Gasteiger partial charge is 0.328 e. The van der Waals surface area contributed by atoms with Gasteiger partial charge in [0.25, 0.3) is 5.56 Å². The van der Waals surface area contributed by atoms with Gasteiger partial charge in [0, 0.05) is 56.2 Å². The number of carbonyl (C=O) groups excluding carboxylic acids is 2. The van der Waals surface area contributed by atoms with Gasteiger partial charge in [-0.25, -0.2) is 9.78 Å². The number of carbonyl (C=O) groups is 2. The van der Waals surface area contributed by atoms with Gasteiger partial charge in [0.1, 0.15) is 11.6 Å². The first-order valence-corrected chi connectivity index (χ1v) is 12.0. The van der Waals surface area contributed by atoms with Crippen LogP contribution in [0.15, 0.2) is 27.8 Å². The summed E-state index contributed by atoms with van der Waals surface area (Å²) in [6.07, 6.45) is 0.671. The molecule has 4 N–H and O–H groups in total. The summed E-state index contributed by atoms with van der Waals surface area (Å²) < 4.78 is 1.47. The Morgan fingerprint density at radius 1 is 1.18 bits per heavy atom. The Labute approximate surface area is 194 Å². The highest BCUT2D eigenvalue weighted by molar-refractivity contribution is 7.98. The van der Waals surface area contributed by atoms with E-state index in [1.165, 1.54) is 4.57 Å². The number of aromatic nitrogens is 3. The second-order valence-corrected chi connectivity index (χ2v) is 9.06. The number of nitrogens with zero attached hydrogens (tertiary/aromatic N) is 4. The standard InChI is InChI=1S/C21H27N7O4S/c22-16-2-1-3-17(24-16)26-7-9-27(10-8-26)19(30)12-23-18(29)4-6-28-15-5-11-33-13-14(15)20(31)25-21(28)32/h1-3H,4-13H2,(H2,22,24)(H,23,29)(H,25,31,32). The maximum atomic E-state index is 12.5. The molecule has 2 aromatic rings. The van der Waals surface area contributed by atoms with Crippen molar-refractivity contribution in [2.75, 3.05) is 49.1 Å². The Morgan fingerprint density at radius 2 is 1.97 bits per heavy atom. The van der Waals surface area contributed by atoms with Gasteiger partial charge in [-0.2, -0.15) is 11.8 Å². The number of pyridine rings is 1. The summed E-state index contributed by atoms with van der Waals surface area (Å²) in [5.74, 6) is 2.16. The number of hydrogen-bond acceptors (Lipinski definition) is 8. The second kappa shape index (κ2) is 10.1. The topological polar surface area (TPSA) is 146 Å². The number of piperazine rings is 1. The molecule has 0 aromatic carbocycles. The molecule has 4 heterocycles. The Kier molecular flexibility index (Phi) is 7.02. The zero-order valence-electron chi connectivity index (χ0n) is 18.2. The molecule has 0 bridgehead atoms. The minimum atomic E-state index is -0.498. The maximum Gasteiger partial charge on any atom is 0.328 e. The van der Waals surface area contributed by atoms with Gasteiger partial charge in [-0.3, -0.25) is 23.9 Å². The first kappa shape index (κ1) is 22.9. The molecule has 2 aromatic heterocycles. The summed E-state index contributed by atoms with van der Waals surface area (Å²) >= 11 is 1.65. The lowest BCUT2D eigenvalue weighted by molar-refractivity contribution is -0.133. The van der Waals surface area contributed by atoms with Crippen LogP contribution in [-0.4, -0.2) is 69.7 Å². The van der Waals surface area contributed by atoms with Gasteiger partial charge in [0.05, 0.1) is 6.54 Å². The average molecular weight is 474 g/mol. The highest BCUT2D eigenvalue weighted by Gasteiger charge is 2.23. The molecular weight excluding hydrogens is 446 g/mol. The minimum Gasteiger partial charge on any atom is -0.384 e. The third-order valence-electron chi connectivity index (χ3n) is 5.86. The number of nitrogens with one attached hydrogen (secondary N) is 2. The Bertz CT molecular complexity index is 1150. The Hall–Kier alpha value is -3.28. The summed E-state index contributed by atoms with van der Waals surface area (Å²) in [5, 5.41) is 2.65. The van der Waals surface area contributed by atoms with Crippen LogP contribution in [0.4, 0.5) is 11.6 Å². The summed E-state index contributed by atoms with van der Waals surface area (Å²) in [6, 6.07) is 5.46. The molecule has 0 saturated carbocycles. The summed E-state index contributed by atoms with van der Waals surface area (Å²) in [4.78, 5) is 59.5. The zero-order chi connectivity index (χ0) is 23.4. The molecular formula is C21H27N7O4S. The summed E-state index contributed by atoms with van der Waals surface area (Å²) in [6.45, 7) is 2.40. The van der Waals surface area contributed by atoms with E-state index >= 15 is 0 Å². The van der Waals surface area contributed by atoms with Crippen LogP contribution in [0.25, 0.3) is 0 Å². The van der Waals surface area contributed by atoms with Crippen molar-refractivity contribution >= 4 is 35.2 Å². The van der Waals surface area contributed by atoms with Crippen LogP contribution in [0, 0.1) is 0 Å². The van der Waals surface area contributed by atoms with E-state index in [4.69, 9.17) is 5.73 Å². The molecule has 0 aliphatic carbocycles. The first-order chi connectivity index (χ1) is 15.9. The van der Waals surface area contributed by atoms with E-state index in [1.807, 2.05) is 12.1 Å². The van der Waals surface area contributed by atoms with Crippen molar-refractivity contribution < 1.29 is 9.59 Å². The molecule has 2 aliphatic rings. The second-order valence-electron chi connectivity index (χ2n) is 7.95.